The Morgan fingerprint density at radius 2 is 1.72 bits per heavy atom. The Morgan fingerprint density at radius 3 is 2.17 bits per heavy atom. The predicted octanol–water partition coefficient (Wildman–Crippen LogP) is 1.20. The van der Waals surface area contributed by atoms with Crippen LogP contribution in [0.1, 0.15) is 32.8 Å². The van der Waals surface area contributed by atoms with Crippen LogP contribution in [0.3, 0.4) is 0 Å². The lowest BCUT2D eigenvalue weighted by Crippen LogP contribution is -2.50. The summed E-state index contributed by atoms with van der Waals surface area (Å²) >= 11 is 0. The van der Waals surface area contributed by atoms with Gasteiger partial charge in [-0.05, 0) is 17.9 Å². The maximum atomic E-state index is 11.9. The Hall–Kier alpha value is -3.30. The van der Waals surface area contributed by atoms with Crippen LogP contribution >= 0.6 is 0 Å². The molecule has 0 heterocycles. The molecule has 0 aliphatic carbocycles. The molecule has 162 valence electrons. The Labute approximate surface area is 170 Å². The van der Waals surface area contributed by atoms with E-state index in [1.807, 2.05) is 37.3 Å². The molecule has 4 amide bonds. The molecule has 1 atom stereocenters. The van der Waals surface area contributed by atoms with E-state index in [9.17, 15) is 19.2 Å². The maximum Gasteiger partial charge on any atom is 0.408 e. The number of rotatable bonds is 9. The minimum Gasteiger partial charge on any atom is -0.480 e. The quantitative estimate of drug-likeness (QED) is 0.411. The van der Waals surface area contributed by atoms with Crippen LogP contribution in [-0.2, 0) is 20.9 Å². The molecule has 6 N–H and O–H groups in total. The number of benzene rings is 1. The average Bonchev–Trinajstić information content (AvgIpc) is 2.68. The normalized spacial score (nSPS) is 10.8. The summed E-state index contributed by atoms with van der Waals surface area (Å²) in [6, 6.07) is 7.83. The molecule has 0 unspecified atom stereocenters. The van der Waals surface area contributed by atoms with Gasteiger partial charge in [0.15, 0.2) is 0 Å². The minimum absolute atomic E-state index is 0.0915. The fourth-order valence-electron chi connectivity index (χ4n) is 1.95. The number of carboxylic acid groups (broad SMARTS) is 1. The van der Waals surface area contributed by atoms with Gasteiger partial charge in [0, 0.05) is 6.54 Å². The van der Waals surface area contributed by atoms with E-state index in [1.165, 1.54) is 0 Å². The summed E-state index contributed by atoms with van der Waals surface area (Å²) in [6.07, 6.45) is 0.205. The molecule has 0 aromatic heterocycles. The van der Waals surface area contributed by atoms with E-state index in [-0.39, 0.29) is 12.5 Å². The van der Waals surface area contributed by atoms with E-state index in [2.05, 4.69) is 16.0 Å². The number of nitrogens with one attached hydrogen (secondary N) is 3. The summed E-state index contributed by atoms with van der Waals surface area (Å²) in [5, 5.41) is 15.7. The van der Waals surface area contributed by atoms with Crippen molar-refractivity contribution < 1.29 is 29.0 Å². The summed E-state index contributed by atoms with van der Waals surface area (Å²) in [4.78, 5) is 43.9. The van der Waals surface area contributed by atoms with E-state index in [0.717, 1.165) is 12.0 Å². The molecule has 1 aromatic carbocycles. The summed E-state index contributed by atoms with van der Waals surface area (Å²) in [6.45, 7) is 5.72. The highest BCUT2D eigenvalue weighted by atomic mass is 16.5. The summed E-state index contributed by atoms with van der Waals surface area (Å²) in [5.41, 5.74) is 5.56. The predicted molar refractivity (Wildman–Crippen MR) is 107 cm³/mol. The van der Waals surface area contributed by atoms with Crippen LogP contribution in [0.15, 0.2) is 30.3 Å². The number of carbonyl (C=O) groups is 4. The third-order valence-electron chi connectivity index (χ3n) is 3.40. The van der Waals surface area contributed by atoms with E-state index < -0.39 is 36.6 Å². The lowest BCUT2D eigenvalue weighted by atomic mass is 10.0. The highest BCUT2D eigenvalue weighted by Crippen LogP contribution is 2.04. The molecule has 1 aromatic rings. The zero-order valence-corrected chi connectivity index (χ0v) is 16.9. The van der Waals surface area contributed by atoms with Crippen molar-refractivity contribution >= 4 is 24.0 Å². The average molecular weight is 410 g/mol. The molecule has 0 bridgehead atoms. The standard InChI is InChI=1S/C15H20N2O5.C4H10N2O/c1-10(2)13(14(20)16-8-12(18)19)17-15(21)22-9-11-6-4-3-5-7-11;1-2-3-6-4(5)7/h3-7,10,13H,8-9H2,1-2H3,(H,16,20)(H,17,21)(H,18,19);2-3H2,1H3,(H3,5,6,7)/t13-;/m0./s1. The Balaban J connectivity index is 0.000000956. The monoisotopic (exact) mass is 410 g/mol. The Kier molecular flexibility index (Phi) is 13.0. The van der Waals surface area contributed by atoms with Gasteiger partial charge in [-0.2, -0.15) is 0 Å². The van der Waals surface area contributed by atoms with Gasteiger partial charge in [-0.1, -0.05) is 51.1 Å². The molecule has 29 heavy (non-hydrogen) atoms. The first-order valence-corrected chi connectivity index (χ1v) is 9.17. The first-order chi connectivity index (χ1) is 13.7. The SMILES string of the molecule is CC(C)[C@H](NC(=O)OCc1ccccc1)C(=O)NCC(=O)O.CCCNC(N)=O. The Morgan fingerprint density at radius 1 is 1.10 bits per heavy atom. The molecule has 0 fully saturated rings. The zero-order chi connectivity index (χ0) is 22.2. The summed E-state index contributed by atoms with van der Waals surface area (Å²) < 4.78 is 5.04. The van der Waals surface area contributed by atoms with Crippen molar-refractivity contribution in [1.29, 1.82) is 0 Å². The van der Waals surface area contributed by atoms with Gasteiger partial charge in [0.25, 0.3) is 0 Å². The number of aliphatic carboxylic acids is 1. The first kappa shape index (κ1) is 25.7. The molecule has 0 radical (unpaired) electrons. The summed E-state index contributed by atoms with van der Waals surface area (Å²) in [7, 11) is 0. The number of amides is 4. The number of nitrogens with two attached hydrogens (primary N) is 1. The van der Waals surface area contributed by atoms with Gasteiger partial charge in [-0.25, -0.2) is 9.59 Å². The van der Waals surface area contributed by atoms with E-state index in [0.29, 0.717) is 6.54 Å². The molecule has 0 spiro atoms. The van der Waals surface area contributed by atoms with E-state index in [1.54, 1.807) is 13.8 Å². The first-order valence-electron chi connectivity index (χ1n) is 9.17. The lowest BCUT2D eigenvalue weighted by molar-refractivity contribution is -0.138. The molecule has 10 nitrogen and oxygen atoms in total. The second-order valence-electron chi connectivity index (χ2n) is 6.33. The van der Waals surface area contributed by atoms with Crippen LogP contribution in [0.4, 0.5) is 9.59 Å². The van der Waals surface area contributed by atoms with Gasteiger partial charge in [0.1, 0.15) is 19.2 Å². The van der Waals surface area contributed by atoms with Gasteiger partial charge in [-0.15, -0.1) is 0 Å². The van der Waals surface area contributed by atoms with Gasteiger partial charge < -0.3 is 31.5 Å². The summed E-state index contributed by atoms with van der Waals surface area (Å²) in [5.74, 6) is -1.92. The Bertz CT molecular complexity index is 651. The van der Waals surface area contributed by atoms with Gasteiger partial charge in [-0.3, -0.25) is 9.59 Å². The largest absolute Gasteiger partial charge is 0.480 e. The highest BCUT2D eigenvalue weighted by molar-refractivity contribution is 5.88. The highest BCUT2D eigenvalue weighted by Gasteiger charge is 2.25. The molecule has 10 heteroatoms. The van der Waals surface area contributed by atoms with Crippen LogP contribution in [0.25, 0.3) is 0 Å². The van der Waals surface area contributed by atoms with Crippen LogP contribution in [0, 0.1) is 5.92 Å². The molecule has 0 saturated heterocycles. The van der Waals surface area contributed by atoms with Gasteiger partial charge >= 0.3 is 18.1 Å². The topological polar surface area (TPSA) is 160 Å². The van der Waals surface area contributed by atoms with Crippen molar-refractivity contribution in [3.8, 4) is 0 Å². The van der Waals surface area contributed by atoms with E-state index >= 15 is 0 Å². The molecule has 0 aliphatic rings. The van der Waals surface area contributed by atoms with Crippen molar-refractivity contribution in [1.82, 2.24) is 16.0 Å². The third kappa shape index (κ3) is 13.5. The number of hydrogen-bond acceptors (Lipinski definition) is 5. The fraction of sp³-hybridized carbons (Fsp3) is 0.474. The fourth-order valence-corrected chi connectivity index (χ4v) is 1.95. The minimum atomic E-state index is -1.15. The number of primary amides is 1. The van der Waals surface area contributed by atoms with Crippen molar-refractivity contribution in [2.24, 2.45) is 11.7 Å². The molecule has 0 saturated carbocycles. The zero-order valence-electron chi connectivity index (χ0n) is 16.9. The van der Waals surface area contributed by atoms with Gasteiger partial charge in [0.2, 0.25) is 5.91 Å². The number of alkyl carbamates (subject to hydrolysis) is 1. The second-order valence-corrected chi connectivity index (χ2v) is 6.33. The molecule has 1 rings (SSSR count). The number of carbonyl (C=O) groups excluding carboxylic acids is 3. The van der Waals surface area contributed by atoms with Crippen molar-refractivity contribution in [2.45, 2.75) is 39.8 Å². The van der Waals surface area contributed by atoms with Crippen LogP contribution < -0.4 is 21.7 Å². The lowest BCUT2D eigenvalue weighted by Gasteiger charge is -2.21. The number of ether oxygens (including phenoxy) is 1. The van der Waals surface area contributed by atoms with Crippen LogP contribution in [-0.4, -0.2) is 48.2 Å². The molecular formula is C19H30N4O6. The number of urea groups is 1. The van der Waals surface area contributed by atoms with Crippen molar-refractivity contribution in [3.05, 3.63) is 35.9 Å². The van der Waals surface area contributed by atoms with Gasteiger partial charge in [0.05, 0.1) is 0 Å². The maximum absolute atomic E-state index is 11.9. The number of hydrogen-bond donors (Lipinski definition) is 5. The molecular weight excluding hydrogens is 380 g/mol. The third-order valence-corrected chi connectivity index (χ3v) is 3.40. The molecule has 0 aliphatic heterocycles. The smallest absolute Gasteiger partial charge is 0.408 e. The second kappa shape index (κ2) is 14.7. The van der Waals surface area contributed by atoms with Crippen LogP contribution in [0.5, 0.6) is 0 Å². The number of carboxylic acids is 1. The van der Waals surface area contributed by atoms with Crippen molar-refractivity contribution in [2.75, 3.05) is 13.1 Å². The van der Waals surface area contributed by atoms with Crippen LogP contribution in [0.2, 0.25) is 0 Å². The van der Waals surface area contributed by atoms with E-state index in [4.69, 9.17) is 15.6 Å². The van der Waals surface area contributed by atoms with Crippen molar-refractivity contribution in [3.63, 3.8) is 0 Å².